The van der Waals surface area contributed by atoms with Crippen LogP contribution in [0.1, 0.15) is 18.9 Å². The van der Waals surface area contributed by atoms with E-state index >= 15 is 0 Å². The summed E-state index contributed by atoms with van der Waals surface area (Å²) >= 11 is 12.3. The second-order valence-electron chi connectivity index (χ2n) is 4.53. The number of halogens is 2. The Morgan fingerprint density at radius 1 is 1.26 bits per heavy atom. The van der Waals surface area contributed by atoms with E-state index in [9.17, 15) is 0 Å². The number of rotatable bonds is 2. The summed E-state index contributed by atoms with van der Waals surface area (Å²) in [5.41, 5.74) is 1.15. The van der Waals surface area contributed by atoms with Crippen LogP contribution in [-0.4, -0.2) is 5.84 Å². The van der Waals surface area contributed by atoms with E-state index in [1.54, 1.807) is 0 Å². The molecule has 1 aromatic carbocycles. The van der Waals surface area contributed by atoms with Crippen LogP contribution in [0, 0.1) is 5.92 Å². The highest BCUT2D eigenvalue weighted by Gasteiger charge is 2.10. The number of aliphatic imine (C=N–C) groups is 1. The molecular weight excluding hydrogens is 279 g/mol. The molecule has 0 aromatic heterocycles. The van der Waals surface area contributed by atoms with Gasteiger partial charge >= 0.3 is 0 Å². The Morgan fingerprint density at radius 3 is 2.74 bits per heavy atom. The molecule has 0 saturated heterocycles. The Kier molecular flexibility index (Phi) is 5.06. The van der Waals surface area contributed by atoms with Crippen LogP contribution >= 0.6 is 23.2 Å². The minimum absolute atomic E-state index is 0.263. The van der Waals surface area contributed by atoms with Crippen LogP contribution in [0.15, 0.2) is 57.7 Å². The molecule has 0 fully saturated rings. The van der Waals surface area contributed by atoms with Crippen LogP contribution in [0.5, 0.6) is 0 Å². The van der Waals surface area contributed by atoms with Gasteiger partial charge in [0.25, 0.3) is 0 Å². The zero-order valence-corrected chi connectivity index (χ0v) is 12.2. The summed E-state index contributed by atoms with van der Waals surface area (Å²) in [6.45, 7) is 2.67. The fourth-order valence-corrected chi connectivity index (χ4v) is 2.10. The van der Waals surface area contributed by atoms with Crippen molar-refractivity contribution in [1.82, 2.24) is 5.32 Å². The molecule has 1 aromatic rings. The number of nitrogens with zero attached hydrogens (tertiary/aromatic N) is 1. The van der Waals surface area contributed by atoms with E-state index in [1.165, 1.54) is 0 Å². The molecule has 2 nitrogen and oxygen atoms in total. The predicted molar refractivity (Wildman–Crippen MR) is 82.4 cm³/mol. The number of allylic oxidation sites excluding steroid dienone is 2. The SMILES string of the molecule is CC1C/C=C(\Cl)NC(=NCc2ccccc2)C=C1Cl. The molecule has 0 amide bonds. The summed E-state index contributed by atoms with van der Waals surface area (Å²) < 4.78 is 0. The largest absolute Gasteiger partial charge is 0.331 e. The van der Waals surface area contributed by atoms with Gasteiger partial charge < -0.3 is 5.32 Å². The third kappa shape index (κ3) is 4.41. The van der Waals surface area contributed by atoms with Crippen molar-refractivity contribution in [3.8, 4) is 0 Å². The van der Waals surface area contributed by atoms with E-state index < -0.39 is 0 Å². The van der Waals surface area contributed by atoms with E-state index in [2.05, 4.69) is 17.2 Å². The van der Waals surface area contributed by atoms with Crippen LogP contribution < -0.4 is 5.32 Å². The lowest BCUT2D eigenvalue weighted by Gasteiger charge is -2.14. The van der Waals surface area contributed by atoms with Gasteiger partial charge in [-0.05, 0) is 30.1 Å². The highest BCUT2D eigenvalue weighted by atomic mass is 35.5. The summed E-state index contributed by atoms with van der Waals surface area (Å²) in [5.74, 6) is 0.959. The molecule has 1 aliphatic rings. The van der Waals surface area contributed by atoms with Gasteiger partial charge in [0.05, 0.1) is 6.54 Å². The molecule has 0 saturated carbocycles. The highest BCUT2D eigenvalue weighted by Crippen LogP contribution is 2.22. The van der Waals surface area contributed by atoms with E-state index in [1.807, 2.05) is 42.5 Å². The predicted octanol–water partition coefficient (Wildman–Crippen LogP) is 4.42. The monoisotopic (exact) mass is 294 g/mol. The molecule has 4 heteroatoms. The first kappa shape index (κ1) is 14.2. The second-order valence-corrected chi connectivity index (χ2v) is 5.37. The molecule has 1 atom stereocenters. The van der Waals surface area contributed by atoms with Crippen LogP contribution in [0.25, 0.3) is 0 Å². The third-order valence-corrected chi connectivity index (χ3v) is 3.65. The minimum atomic E-state index is 0.263. The molecule has 19 heavy (non-hydrogen) atoms. The Bertz CT molecular complexity index is 518. The van der Waals surface area contributed by atoms with E-state index in [0.717, 1.165) is 17.0 Å². The Hall–Kier alpha value is -1.25. The summed E-state index contributed by atoms with van der Waals surface area (Å²) in [5, 5.41) is 4.44. The summed E-state index contributed by atoms with van der Waals surface area (Å²) in [6.07, 6.45) is 4.61. The van der Waals surface area contributed by atoms with Gasteiger partial charge in [-0.25, -0.2) is 0 Å². The first-order chi connectivity index (χ1) is 9.15. The number of hydrogen-bond donors (Lipinski definition) is 1. The molecule has 0 bridgehead atoms. The normalized spacial score (nSPS) is 24.8. The van der Waals surface area contributed by atoms with Crippen LogP contribution in [-0.2, 0) is 6.54 Å². The molecule has 1 N–H and O–H groups in total. The van der Waals surface area contributed by atoms with Gasteiger partial charge in [-0.3, -0.25) is 4.99 Å². The Labute approximate surface area is 123 Å². The smallest absolute Gasteiger partial charge is 0.127 e. The minimum Gasteiger partial charge on any atom is -0.331 e. The van der Waals surface area contributed by atoms with Gasteiger partial charge in [-0.1, -0.05) is 60.5 Å². The second kappa shape index (κ2) is 6.78. The zero-order chi connectivity index (χ0) is 13.7. The van der Waals surface area contributed by atoms with Gasteiger partial charge in [0.15, 0.2) is 0 Å². The molecule has 0 spiro atoms. The van der Waals surface area contributed by atoms with Crippen molar-refractivity contribution in [3.05, 3.63) is 58.2 Å². The number of hydrogen-bond acceptors (Lipinski definition) is 1. The Balaban J connectivity index is 2.16. The van der Waals surface area contributed by atoms with Crippen molar-refractivity contribution in [2.75, 3.05) is 0 Å². The van der Waals surface area contributed by atoms with Crippen LogP contribution in [0.4, 0.5) is 0 Å². The fourth-order valence-electron chi connectivity index (χ4n) is 1.72. The first-order valence-electron chi connectivity index (χ1n) is 6.23. The number of benzene rings is 1. The molecular formula is C15H16Cl2N2. The van der Waals surface area contributed by atoms with Crippen LogP contribution in [0.2, 0.25) is 0 Å². The van der Waals surface area contributed by atoms with E-state index in [-0.39, 0.29) is 5.92 Å². The van der Waals surface area contributed by atoms with Crippen molar-refractivity contribution in [2.45, 2.75) is 19.9 Å². The topological polar surface area (TPSA) is 24.4 Å². The van der Waals surface area contributed by atoms with E-state index in [4.69, 9.17) is 23.2 Å². The van der Waals surface area contributed by atoms with Crippen LogP contribution in [0.3, 0.4) is 0 Å². The van der Waals surface area contributed by atoms with Crippen molar-refractivity contribution < 1.29 is 0 Å². The van der Waals surface area contributed by atoms with Gasteiger partial charge in [-0.2, -0.15) is 0 Å². The maximum Gasteiger partial charge on any atom is 0.127 e. The number of nitrogens with one attached hydrogen (secondary N) is 1. The molecule has 100 valence electrons. The maximum atomic E-state index is 6.24. The van der Waals surface area contributed by atoms with Crippen molar-refractivity contribution in [1.29, 1.82) is 0 Å². The maximum absolute atomic E-state index is 6.24. The Morgan fingerprint density at radius 2 is 2.00 bits per heavy atom. The quantitative estimate of drug-likeness (QED) is 0.803. The van der Waals surface area contributed by atoms with Crippen molar-refractivity contribution in [2.24, 2.45) is 10.9 Å². The van der Waals surface area contributed by atoms with Crippen molar-refractivity contribution >= 4 is 29.0 Å². The highest BCUT2D eigenvalue weighted by molar-refractivity contribution is 6.33. The average molecular weight is 295 g/mol. The van der Waals surface area contributed by atoms with Gasteiger partial charge in [-0.15, -0.1) is 0 Å². The van der Waals surface area contributed by atoms with E-state index in [0.29, 0.717) is 17.5 Å². The van der Waals surface area contributed by atoms with Gasteiger partial charge in [0.2, 0.25) is 0 Å². The van der Waals surface area contributed by atoms with Gasteiger partial charge in [0, 0.05) is 5.03 Å². The molecule has 2 rings (SSSR count). The lowest BCUT2D eigenvalue weighted by molar-refractivity contribution is 0.723. The van der Waals surface area contributed by atoms with Crippen molar-refractivity contribution in [3.63, 3.8) is 0 Å². The first-order valence-corrected chi connectivity index (χ1v) is 6.99. The summed E-state index contributed by atoms with van der Waals surface area (Å²) in [4.78, 5) is 4.51. The lowest BCUT2D eigenvalue weighted by atomic mass is 10.1. The summed E-state index contributed by atoms with van der Waals surface area (Å²) in [7, 11) is 0. The lowest BCUT2D eigenvalue weighted by Crippen LogP contribution is -2.21. The molecule has 0 aliphatic carbocycles. The molecule has 1 unspecified atom stereocenters. The molecule has 1 heterocycles. The zero-order valence-electron chi connectivity index (χ0n) is 10.7. The van der Waals surface area contributed by atoms with Gasteiger partial charge in [0.1, 0.15) is 11.0 Å². The third-order valence-electron chi connectivity index (χ3n) is 2.92. The standard InChI is InChI=1S/C15H16Cl2N2/c1-11-7-8-14(17)19-15(9-13(11)16)18-10-12-5-3-2-4-6-12/h2-6,8-9,11H,7,10H2,1H3,(H,18,19)/b13-9?,14-8+. The molecule has 0 radical (unpaired) electrons. The number of amidine groups is 1. The average Bonchev–Trinajstić information content (AvgIpc) is 2.42. The molecule has 1 aliphatic heterocycles. The fraction of sp³-hybridized carbons (Fsp3) is 0.267. The summed E-state index contributed by atoms with van der Waals surface area (Å²) in [6, 6.07) is 10.1.